The Labute approximate surface area is 129 Å². The van der Waals surface area contributed by atoms with Gasteiger partial charge in [-0.05, 0) is 43.4 Å². The van der Waals surface area contributed by atoms with Gasteiger partial charge in [0.05, 0.1) is 6.61 Å². The highest BCUT2D eigenvalue weighted by Gasteiger charge is 2.24. The highest BCUT2D eigenvalue weighted by Crippen LogP contribution is 2.18. The molecule has 1 aromatic rings. The van der Waals surface area contributed by atoms with E-state index in [-0.39, 0.29) is 18.4 Å². The molecule has 2 N–H and O–H groups in total. The molecule has 21 heavy (non-hydrogen) atoms. The maximum atomic E-state index is 12.3. The van der Waals surface area contributed by atoms with Crippen molar-refractivity contribution in [3.8, 4) is 0 Å². The van der Waals surface area contributed by atoms with E-state index < -0.39 is 12.1 Å². The molecule has 0 aliphatic rings. The molecule has 5 nitrogen and oxygen atoms in total. The second kappa shape index (κ2) is 8.56. The number of hydrogen-bond donors (Lipinski definition) is 2. The fraction of sp³-hybridized carbons (Fsp3) is 0.467. The summed E-state index contributed by atoms with van der Waals surface area (Å²) in [6.07, 6.45) is 1.41. The Balaban J connectivity index is 2.69. The molecule has 1 atom stereocenters. The maximum absolute atomic E-state index is 12.3. The molecular formula is C15H22N2O3S. The van der Waals surface area contributed by atoms with Crippen molar-refractivity contribution in [2.45, 2.75) is 31.7 Å². The topological polar surface area (TPSA) is 67.4 Å². The minimum Gasteiger partial charge on any atom is -0.450 e. The summed E-state index contributed by atoms with van der Waals surface area (Å²) in [5.41, 5.74) is 0.703. The van der Waals surface area contributed by atoms with E-state index in [4.69, 9.17) is 4.74 Å². The van der Waals surface area contributed by atoms with Crippen LogP contribution in [-0.2, 0) is 9.53 Å². The maximum Gasteiger partial charge on any atom is 0.407 e. The van der Waals surface area contributed by atoms with Crippen molar-refractivity contribution in [2.75, 3.05) is 18.2 Å². The number of ether oxygens (including phenoxy) is 1. The SMILES string of the molecule is CCOC(=O)N[C@H](C(=O)Nc1ccc(SC)cc1)C(C)C. The monoisotopic (exact) mass is 310 g/mol. The van der Waals surface area contributed by atoms with Crippen LogP contribution < -0.4 is 10.6 Å². The molecule has 6 heteroatoms. The number of anilines is 1. The Hall–Kier alpha value is -1.69. The molecule has 0 radical (unpaired) electrons. The molecule has 0 unspecified atom stereocenters. The summed E-state index contributed by atoms with van der Waals surface area (Å²) >= 11 is 1.64. The Morgan fingerprint density at radius 3 is 2.33 bits per heavy atom. The van der Waals surface area contributed by atoms with Crippen LogP contribution >= 0.6 is 11.8 Å². The van der Waals surface area contributed by atoms with Crippen LogP contribution in [0.3, 0.4) is 0 Å². The molecule has 0 aliphatic carbocycles. The Morgan fingerprint density at radius 2 is 1.86 bits per heavy atom. The molecule has 116 valence electrons. The lowest BCUT2D eigenvalue weighted by molar-refractivity contribution is -0.119. The minimum atomic E-state index is -0.635. The number of rotatable bonds is 6. The first-order valence-electron chi connectivity index (χ1n) is 6.86. The molecule has 2 amide bonds. The molecule has 1 aromatic carbocycles. The van der Waals surface area contributed by atoms with E-state index in [1.54, 1.807) is 18.7 Å². The van der Waals surface area contributed by atoms with E-state index in [0.717, 1.165) is 4.90 Å². The van der Waals surface area contributed by atoms with Gasteiger partial charge in [-0.15, -0.1) is 11.8 Å². The first-order valence-corrected chi connectivity index (χ1v) is 8.08. The largest absolute Gasteiger partial charge is 0.450 e. The standard InChI is InChI=1S/C15H22N2O3S/c1-5-20-15(19)17-13(10(2)3)14(18)16-11-6-8-12(21-4)9-7-11/h6-10,13H,5H2,1-4H3,(H,16,18)(H,17,19)/t13-/m0/s1. The highest BCUT2D eigenvalue weighted by molar-refractivity contribution is 7.98. The Kier molecular flexibility index (Phi) is 7.08. The first-order chi connectivity index (χ1) is 9.97. The highest BCUT2D eigenvalue weighted by atomic mass is 32.2. The number of nitrogens with one attached hydrogen (secondary N) is 2. The van der Waals surface area contributed by atoms with Crippen molar-refractivity contribution >= 4 is 29.4 Å². The van der Waals surface area contributed by atoms with Gasteiger partial charge in [-0.25, -0.2) is 4.79 Å². The number of thioether (sulfide) groups is 1. The molecule has 0 aromatic heterocycles. The van der Waals surface area contributed by atoms with E-state index >= 15 is 0 Å². The molecule has 0 fully saturated rings. The summed E-state index contributed by atoms with van der Waals surface area (Å²) in [5, 5.41) is 5.39. The third-order valence-corrected chi connectivity index (χ3v) is 3.60. The molecule has 0 spiro atoms. The normalized spacial score (nSPS) is 11.9. The first kappa shape index (κ1) is 17.4. The Bertz CT molecular complexity index is 474. The number of carbonyl (C=O) groups is 2. The van der Waals surface area contributed by atoms with Gasteiger partial charge in [-0.3, -0.25) is 4.79 Å². The van der Waals surface area contributed by atoms with Crippen LogP contribution in [-0.4, -0.2) is 30.9 Å². The summed E-state index contributed by atoms with van der Waals surface area (Å²) in [4.78, 5) is 24.9. The lowest BCUT2D eigenvalue weighted by atomic mass is 10.0. The predicted molar refractivity (Wildman–Crippen MR) is 85.6 cm³/mol. The van der Waals surface area contributed by atoms with E-state index in [1.165, 1.54) is 0 Å². The van der Waals surface area contributed by atoms with Gasteiger partial charge < -0.3 is 15.4 Å². The van der Waals surface area contributed by atoms with E-state index in [2.05, 4.69) is 10.6 Å². The van der Waals surface area contributed by atoms with Crippen molar-refractivity contribution in [3.05, 3.63) is 24.3 Å². The summed E-state index contributed by atoms with van der Waals surface area (Å²) < 4.78 is 4.82. The van der Waals surface area contributed by atoms with Crippen LogP contribution in [0, 0.1) is 5.92 Å². The van der Waals surface area contributed by atoms with Crippen molar-refractivity contribution in [2.24, 2.45) is 5.92 Å². The minimum absolute atomic E-state index is 0.0418. The van der Waals surface area contributed by atoms with Gasteiger partial charge in [0.15, 0.2) is 0 Å². The fourth-order valence-corrected chi connectivity index (χ4v) is 2.14. The second-order valence-corrected chi connectivity index (χ2v) is 5.68. The van der Waals surface area contributed by atoms with E-state index in [9.17, 15) is 9.59 Å². The van der Waals surface area contributed by atoms with Gasteiger partial charge in [0, 0.05) is 10.6 Å². The third-order valence-electron chi connectivity index (χ3n) is 2.86. The van der Waals surface area contributed by atoms with E-state index in [0.29, 0.717) is 5.69 Å². The number of hydrogen-bond acceptors (Lipinski definition) is 4. The predicted octanol–water partition coefficient (Wildman–Crippen LogP) is 3.12. The molecule has 0 bridgehead atoms. The second-order valence-electron chi connectivity index (χ2n) is 4.80. The van der Waals surface area contributed by atoms with Crippen molar-refractivity contribution in [1.29, 1.82) is 0 Å². The molecule has 0 saturated carbocycles. The average molecular weight is 310 g/mol. The van der Waals surface area contributed by atoms with Crippen molar-refractivity contribution in [3.63, 3.8) is 0 Å². The van der Waals surface area contributed by atoms with E-state index in [1.807, 2.05) is 44.4 Å². The zero-order valence-electron chi connectivity index (χ0n) is 12.8. The summed E-state index contributed by atoms with van der Waals surface area (Å²) in [7, 11) is 0. The summed E-state index contributed by atoms with van der Waals surface area (Å²) in [6.45, 7) is 5.73. The van der Waals surface area contributed by atoms with Gasteiger partial charge in [0.1, 0.15) is 6.04 Å². The quantitative estimate of drug-likeness (QED) is 0.792. The number of benzene rings is 1. The molecule has 0 heterocycles. The number of carbonyl (C=O) groups excluding carboxylic acids is 2. The van der Waals surface area contributed by atoms with Gasteiger partial charge in [-0.1, -0.05) is 13.8 Å². The summed E-state index contributed by atoms with van der Waals surface area (Å²) in [5.74, 6) is -0.296. The lowest BCUT2D eigenvalue weighted by Gasteiger charge is -2.21. The van der Waals surface area contributed by atoms with Crippen LogP contribution in [0.4, 0.5) is 10.5 Å². The molecule has 0 saturated heterocycles. The molecule has 0 aliphatic heterocycles. The average Bonchev–Trinajstić information content (AvgIpc) is 2.45. The lowest BCUT2D eigenvalue weighted by Crippen LogP contribution is -2.47. The zero-order chi connectivity index (χ0) is 15.8. The zero-order valence-corrected chi connectivity index (χ0v) is 13.6. The summed E-state index contributed by atoms with van der Waals surface area (Å²) in [6, 6.07) is 6.91. The Morgan fingerprint density at radius 1 is 1.24 bits per heavy atom. The van der Waals surface area contributed by atoms with Crippen LogP contribution in [0.5, 0.6) is 0 Å². The van der Waals surface area contributed by atoms with Gasteiger partial charge in [0.25, 0.3) is 0 Å². The van der Waals surface area contributed by atoms with Gasteiger partial charge >= 0.3 is 6.09 Å². The van der Waals surface area contributed by atoms with Crippen LogP contribution in [0.15, 0.2) is 29.2 Å². The molecule has 1 rings (SSSR count). The number of alkyl carbamates (subject to hydrolysis) is 1. The smallest absolute Gasteiger partial charge is 0.407 e. The van der Waals surface area contributed by atoms with Crippen LogP contribution in [0.1, 0.15) is 20.8 Å². The van der Waals surface area contributed by atoms with Crippen molar-refractivity contribution < 1.29 is 14.3 Å². The van der Waals surface area contributed by atoms with Gasteiger partial charge in [0.2, 0.25) is 5.91 Å². The fourth-order valence-electron chi connectivity index (χ4n) is 1.73. The van der Waals surface area contributed by atoms with Crippen molar-refractivity contribution in [1.82, 2.24) is 5.32 Å². The third kappa shape index (κ3) is 5.67. The van der Waals surface area contributed by atoms with Crippen LogP contribution in [0.25, 0.3) is 0 Å². The van der Waals surface area contributed by atoms with Gasteiger partial charge in [-0.2, -0.15) is 0 Å². The molecular weight excluding hydrogens is 288 g/mol. The van der Waals surface area contributed by atoms with Crippen LogP contribution in [0.2, 0.25) is 0 Å². The number of amides is 2.